The Hall–Kier alpha value is -0.960. The molecular weight excluding hydrogens is 344 g/mol. The van der Waals surface area contributed by atoms with Crippen molar-refractivity contribution in [3.8, 4) is 0 Å². The van der Waals surface area contributed by atoms with Crippen molar-refractivity contribution < 1.29 is 22.7 Å². The summed E-state index contributed by atoms with van der Waals surface area (Å²) < 4.78 is 36.5. The molecule has 0 aliphatic rings. The Morgan fingerprint density at radius 1 is 1.28 bits per heavy atom. The van der Waals surface area contributed by atoms with Crippen molar-refractivity contribution in [3.63, 3.8) is 0 Å². The zero-order valence-electron chi connectivity index (χ0n) is 16.5. The van der Waals surface area contributed by atoms with E-state index >= 15 is 0 Å². The summed E-state index contributed by atoms with van der Waals surface area (Å²) in [5, 5.41) is 0. The molecule has 0 aromatic carbocycles. The van der Waals surface area contributed by atoms with Crippen LogP contribution in [0.4, 0.5) is 0 Å². The maximum Gasteiger partial charge on any atom is 0.327 e. The lowest BCUT2D eigenvalue weighted by Gasteiger charge is -2.34. The molecule has 0 radical (unpaired) electrons. The van der Waals surface area contributed by atoms with Gasteiger partial charge in [-0.15, -0.1) is 6.58 Å². The number of esters is 1. The second-order valence-corrected chi connectivity index (χ2v) is 9.52. The monoisotopic (exact) mass is 378 g/mol. The fourth-order valence-corrected chi connectivity index (χ4v) is 3.13. The van der Waals surface area contributed by atoms with Crippen molar-refractivity contribution >= 4 is 16.0 Å². The summed E-state index contributed by atoms with van der Waals surface area (Å²) in [6, 6.07) is -1.16. The number of sulfonamides is 1. The van der Waals surface area contributed by atoms with Crippen molar-refractivity contribution in [1.29, 1.82) is 0 Å². The molecule has 25 heavy (non-hydrogen) atoms. The molecule has 0 aromatic heterocycles. The Morgan fingerprint density at radius 2 is 1.80 bits per heavy atom. The predicted molar refractivity (Wildman–Crippen MR) is 99.6 cm³/mol. The molecule has 3 unspecified atom stereocenters. The van der Waals surface area contributed by atoms with Crippen LogP contribution in [0.1, 0.15) is 41.5 Å². The van der Waals surface area contributed by atoms with Gasteiger partial charge in [-0.05, 0) is 26.2 Å². The van der Waals surface area contributed by atoms with Crippen molar-refractivity contribution in [1.82, 2.24) is 4.31 Å². The van der Waals surface area contributed by atoms with Gasteiger partial charge >= 0.3 is 5.97 Å². The van der Waals surface area contributed by atoms with Gasteiger partial charge in [0.25, 0.3) is 0 Å². The van der Waals surface area contributed by atoms with Gasteiger partial charge in [0, 0.05) is 12.6 Å². The third-order valence-electron chi connectivity index (χ3n) is 3.94. The third-order valence-corrected chi connectivity index (χ3v) is 5.36. The summed E-state index contributed by atoms with van der Waals surface area (Å²) in [5.74, 6) is -0.623. The Bertz CT molecular complexity index is 540. The smallest absolute Gasteiger partial charge is 0.327 e. The number of carbonyl (C=O) groups is 1. The molecule has 3 atom stereocenters. The molecule has 0 saturated heterocycles. The van der Waals surface area contributed by atoms with Crippen molar-refractivity contribution in [2.24, 2.45) is 11.1 Å². The molecule has 0 aliphatic carbocycles. The molecule has 0 aliphatic heterocycles. The summed E-state index contributed by atoms with van der Waals surface area (Å²) in [7, 11) is -3.42. The van der Waals surface area contributed by atoms with E-state index in [1.807, 2.05) is 27.7 Å². The number of hydrogen-bond acceptors (Lipinski definition) is 6. The Morgan fingerprint density at radius 3 is 2.16 bits per heavy atom. The minimum absolute atomic E-state index is 0.0838. The highest BCUT2D eigenvalue weighted by molar-refractivity contribution is 7.88. The van der Waals surface area contributed by atoms with Crippen LogP contribution in [0.2, 0.25) is 0 Å². The van der Waals surface area contributed by atoms with Gasteiger partial charge in [-0.3, -0.25) is 4.79 Å². The average molecular weight is 379 g/mol. The summed E-state index contributed by atoms with van der Waals surface area (Å²) in [4.78, 5) is 11.8. The number of hydrogen-bond donors (Lipinski definition) is 1. The van der Waals surface area contributed by atoms with Crippen molar-refractivity contribution in [3.05, 3.63) is 12.7 Å². The van der Waals surface area contributed by atoms with Crippen LogP contribution >= 0.6 is 0 Å². The number of nitrogens with zero attached hydrogens (tertiary/aromatic N) is 1. The van der Waals surface area contributed by atoms with Gasteiger partial charge in [0.1, 0.15) is 18.8 Å². The molecule has 0 bridgehead atoms. The molecule has 0 amide bonds. The van der Waals surface area contributed by atoms with Gasteiger partial charge in [0.15, 0.2) is 0 Å². The van der Waals surface area contributed by atoms with E-state index in [1.54, 1.807) is 13.8 Å². The second-order valence-electron chi connectivity index (χ2n) is 7.58. The molecule has 0 heterocycles. The van der Waals surface area contributed by atoms with Crippen LogP contribution in [0, 0.1) is 5.41 Å². The first-order chi connectivity index (χ1) is 11.2. The lowest BCUT2D eigenvalue weighted by molar-refractivity contribution is -0.152. The highest BCUT2D eigenvalue weighted by Crippen LogP contribution is 2.23. The van der Waals surface area contributed by atoms with Crippen LogP contribution in [0.15, 0.2) is 12.7 Å². The van der Waals surface area contributed by atoms with Crippen LogP contribution in [0.25, 0.3) is 0 Å². The molecule has 0 saturated carbocycles. The highest BCUT2D eigenvalue weighted by Gasteiger charge is 2.30. The first kappa shape index (κ1) is 24.0. The fraction of sp³-hybridized carbons (Fsp3) is 0.824. The predicted octanol–water partition coefficient (Wildman–Crippen LogP) is 1.53. The van der Waals surface area contributed by atoms with E-state index in [0.29, 0.717) is 0 Å². The summed E-state index contributed by atoms with van der Waals surface area (Å²) in [6.45, 7) is 15.0. The van der Waals surface area contributed by atoms with E-state index < -0.39 is 28.1 Å². The zero-order chi connectivity index (χ0) is 20.0. The van der Waals surface area contributed by atoms with Gasteiger partial charge in [-0.1, -0.05) is 26.8 Å². The van der Waals surface area contributed by atoms with E-state index in [-0.39, 0.29) is 30.7 Å². The molecule has 0 rings (SSSR count). The van der Waals surface area contributed by atoms with Crippen molar-refractivity contribution in [2.75, 3.05) is 19.4 Å². The molecule has 7 nitrogen and oxygen atoms in total. The first-order valence-corrected chi connectivity index (χ1v) is 10.2. The molecule has 148 valence electrons. The quantitative estimate of drug-likeness (QED) is 0.457. The third kappa shape index (κ3) is 8.80. The fourth-order valence-electron chi connectivity index (χ4n) is 1.93. The molecule has 2 N–H and O–H groups in total. The van der Waals surface area contributed by atoms with Crippen molar-refractivity contribution in [2.45, 2.75) is 65.8 Å². The molecule has 8 heteroatoms. The number of nitrogens with two attached hydrogens (primary N) is 1. The van der Waals surface area contributed by atoms with Crippen LogP contribution in [-0.4, -0.2) is 62.4 Å². The standard InChI is InChI=1S/C17H34N2O5S/c1-9-15(18)16(20)23-11-14(24-13(4)17(5,6)7)10-19(12(2)3)25(8,21)22/h9,12-15H,1,10-11,18H2,2-8H3. The van der Waals surface area contributed by atoms with Crippen LogP contribution in [0.3, 0.4) is 0 Å². The maximum atomic E-state index is 12.0. The van der Waals surface area contributed by atoms with Gasteiger partial charge in [-0.25, -0.2) is 8.42 Å². The van der Waals surface area contributed by atoms with E-state index in [9.17, 15) is 13.2 Å². The first-order valence-electron chi connectivity index (χ1n) is 8.37. The Kier molecular flexibility index (Phi) is 9.29. The van der Waals surface area contributed by atoms with Crippen LogP contribution in [0.5, 0.6) is 0 Å². The topological polar surface area (TPSA) is 98.9 Å². The van der Waals surface area contributed by atoms with E-state index in [1.165, 1.54) is 10.4 Å². The van der Waals surface area contributed by atoms with E-state index in [0.717, 1.165) is 6.26 Å². The number of rotatable bonds is 10. The summed E-state index contributed by atoms with van der Waals surface area (Å²) >= 11 is 0. The van der Waals surface area contributed by atoms with Crippen LogP contribution < -0.4 is 5.73 Å². The minimum atomic E-state index is -3.42. The summed E-state index contributed by atoms with van der Waals surface area (Å²) in [5.41, 5.74) is 5.41. The largest absolute Gasteiger partial charge is 0.461 e. The van der Waals surface area contributed by atoms with E-state index in [4.69, 9.17) is 15.2 Å². The normalized spacial score (nSPS) is 16.6. The maximum absolute atomic E-state index is 12.0. The van der Waals surface area contributed by atoms with E-state index in [2.05, 4.69) is 6.58 Å². The Labute approximate surface area is 152 Å². The number of carbonyl (C=O) groups excluding carboxylic acids is 1. The highest BCUT2D eigenvalue weighted by atomic mass is 32.2. The average Bonchev–Trinajstić information content (AvgIpc) is 2.45. The molecule has 0 fully saturated rings. The molecule has 0 aromatic rings. The van der Waals surface area contributed by atoms with Gasteiger partial charge < -0.3 is 15.2 Å². The van der Waals surface area contributed by atoms with Gasteiger partial charge in [0.2, 0.25) is 10.0 Å². The Balaban J connectivity index is 5.24. The second kappa shape index (κ2) is 9.66. The zero-order valence-corrected chi connectivity index (χ0v) is 17.3. The van der Waals surface area contributed by atoms with Crippen LogP contribution in [-0.2, 0) is 24.3 Å². The van der Waals surface area contributed by atoms with Gasteiger partial charge in [-0.2, -0.15) is 4.31 Å². The molecule has 0 spiro atoms. The van der Waals surface area contributed by atoms with Gasteiger partial charge in [0.05, 0.1) is 12.4 Å². The summed E-state index contributed by atoms with van der Waals surface area (Å²) in [6.07, 6.45) is 1.66. The molecular formula is C17H34N2O5S. The number of ether oxygens (including phenoxy) is 2. The lowest BCUT2D eigenvalue weighted by Crippen LogP contribution is -2.46. The SMILES string of the molecule is C=CC(N)C(=O)OCC(CN(C(C)C)S(C)(=O)=O)OC(C)C(C)(C)C. The lowest BCUT2D eigenvalue weighted by atomic mass is 9.90. The minimum Gasteiger partial charge on any atom is -0.461 e.